The van der Waals surface area contributed by atoms with Crippen molar-refractivity contribution in [3.8, 4) is 0 Å². The molecule has 1 saturated heterocycles. The molecule has 5 heteroatoms. The molecule has 0 unspecified atom stereocenters. The van der Waals surface area contributed by atoms with Crippen molar-refractivity contribution in [3.05, 3.63) is 5.89 Å². The number of hydrogen-bond donors (Lipinski definition) is 1. The zero-order valence-corrected chi connectivity index (χ0v) is 12.6. The fourth-order valence-electron chi connectivity index (χ4n) is 3.59. The average Bonchev–Trinajstić information content (AvgIpc) is 2.93. The fourth-order valence-corrected chi connectivity index (χ4v) is 3.59. The minimum Gasteiger partial charge on any atom is -0.407 e. The zero-order chi connectivity index (χ0) is 13.9. The van der Waals surface area contributed by atoms with Gasteiger partial charge >= 0.3 is 6.01 Å². The van der Waals surface area contributed by atoms with Crippen LogP contribution in [0.3, 0.4) is 0 Å². The first-order chi connectivity index (χ1) is 9.74. The van der Waals surface area contributed by atoms with E-state index in [-0.39, 0.29) is 0 Å². The van der Waals surface area contributed by atoms with Gasteiger partial charge in [-0.1, -0.05) is 31.8 Å². The molecule has 0 aromatic carbocycles. The van der Waals surface area contributed by atoms with E-state index >= 15 is 0 Å². The molecule has 2 fully saturated rings. The number of nitrogens with zero attached hydrogens (tertiary/aromatic N) is 3. The molecule has 1 aromatic heterocycles. The maximum atomic E-state index is 5.86. The highest BCUT2D eigenvalue weighted by atomic mass is 16.4. The van der Waals surface area contributed by atoms with E-state index in [1.54, 1.807) is 0 Å². The molecule has 2 atom stereocenters. The maximum absolute atomic E-state index is 5.86. The van der Waals surface area contributed by atoms with Crippen LogP contribution in [0.1, 0.15) is 58.3 Å². The number of nitrogens with one attached hydrogen (secondary N) is 1. The van der Waals surface area contributed by atoms with Crippen molar-refractivity contribution in [3.63, 3.8) is 0 Å². The topological polar surface area (TPSA) is 54.2 Å². The Kier molecular flexibility index (Phi) is 4.24. The quantitative estimate of drug-likeness (QED) is 0.917. The van der Waals surface area contributed by atoms with E-state index in [4.69, 9.17) is 4.42 Å². The molecule has 1 aliphatic carbocycles. The molecule has 0 spiro atoms. The van der Waals surface area contributed by atoms with Gasteiger partial charge in [0.2, 0.25) is 5.89 Å². The summed E-state index contributed by atoms with van der Waals surface area (Å²) in [5.41, 5.74) is 0. The van der Waals surface area contributed by atoms with Crippen LogP contribution in [0.4, 0.5) is 6.01 Å². The zero-order valence-electron chi connectivity index (χ0n) is 12.6. The van der Waals surface area contributed by atoms with Crippen molar-refractivity contribution >= 4 is 6.01 Å². The fraction of sp³-hybridized carbons (Fsp3) is 0.867. The van der Waals surface area contributed by atoms with Crippen molar-refractivity contribution in [1.82, 2.24) is 15.5 Å². The lowest BCUT2D eigenvalue weighted by Gasteiger charge is -2.43. The molecular formula is C15H26N4O. The van der Waals surface area contributed by atoms with Crippen LogP contribution in [-0.2, 0) is 6.54 Å². The molecule has 0 amide bonds. The lowest BCUT2D eigenvalue weighted by molar-refractivity contribution is 0.234. The minimum atomic E-state index is 0.433. The van der Waals surface area contributed by atoms with Gasteiger partial charge in [0.15, 0.2) is 0 Å². The SMILES string of the molecule is CC(C)NCc1nnc(N2CCC[C@H]3CCCC[C@H]32)o1. The maximum Gasteiger partial charge on any atom is 0.318 e. The van der Waals surface area contributed by atoms with Gasteiger partial charge in [0.25, 0.3) is 0 Å². The molecule has 2 heterocycles. The molecule has 5 nitrogen and oxygen atoms in total. The highest BCUT2D eigenvalue weighted by Gasteiger charge is 2.35. The Morgan fingerprint density at radius 1 is 1.20 bits per heavy atom. The lowest BCUT2D eigenvalue weighted by Crippen LogP contribution is -2.47. The molecule has 1 aliphatic heterocycles. The van der Waals surface area contributed by atoms with Crippen LogP contribution >= 0.6 is 0 Å². The Hall–Kier alpha value is -1.10. The Morgan fingerprint density at radius 2 is 2.00 bits per heavy atom. The highest BCUT2D eigenvalue weighted by Crippen LogP contribution is 2.37. The van der Waals surface area contributed by atoms with Gasteiger partial charge in [-0.3, -0.25) is 0 Å². The van der Waals surface area contributed by atoms with Gasteiger partial charge in [-0.2, -0.15) is 0 Å². The second-order valence-electron chi connectivity index (χ2n) is 6.46. The molecule has 2 aliphatic rings. The Morgan fingerprint density at radius 3 is 2.85 bits per heavy atom. The van der Waals surface area contributed by atoms with Crippen LogP contribution in [0.5, 0.6) is 0 Å². The third-order valence-electron chi connectivity index (χ3n) is 4.61. The van der Waals surface area contributed by atoms with Gasteiger partial charge in [-0.15, -0.1) is 5.10 Å². The lowest BCUT2D eigenvalue weighted by atomic mass is 9.78. The average molecular weight is 278 g/mol. The van der Waals surface area contributed by atoms with Crippen LogP contribution in [0, 0.1) is 5.92 Å². The number of fused-ring (bicyclic) bond motifs is 1. The number of hydrogen-bond acceptors (Lipinski definition) is 5. The van der Waals surface area contributed by atoms with Crippen LogP contribution in [-0.4, -0.2) is 28.8 Å². The number of anilines is 1. The molecule has 112 valence electrons. The first-order valence-electron chi connectivity index (χ1n) is 8.06. The van der Waals surface area contributed by atoms with Gasteiger partial charge in [-0.25, -0.2) is 0 Å². The molecule has 20 heavy (non-hydrogen) atoms. The van der Waals surface area contributed by atoms with Gasteiger partial charge in [-0.05, 0) is 31.6 Å². The van der Waals surface area contributed by atoms with Crippen molar-refractivity contribution in [2.24, 2.45) is 5.92 Å². The summed E-state index contributed by atoms with van der Waals surface area (Å²) >= 11 is 0. The highest BCUT2D eigenvalue weighted by molar-refractivity contribution is 5.28. The van der Waals surface area contributed by atoms with Gasteiger partial charge in [0, 0.05) is 18.6 Å². The third kappa shape index (κ3) is 2.97. The predicted octanol–water partition coefficient (Wildman–Crippen LogP) is 2.73. The summed E-state index contributed by atoms with van der Waals surface area (Å²) < 4.78 is 5.86. The summed E-state index contributed by atoms with van der Waals surface area (Å²) in [7, 11) is 0. The molecule has 1 saturated carbocycles. The third-order valence-corrected chi connectivity index (χ3v) is 4.61. The molecule has 3 rings (SSSR count). The normalized spacial score (nSPS) is 26.9. The summed E-state index contributed by atoms with van der Waals surface area (Å²) in [5.74, 6) is 1.54. The van der Waals surface area contributed by atoms with Crippen molar-refractivity contribution < 1.29 is 4.42 Å². The molecule has 1 aromatic rings. The predicted molar refractivity (Wildman–Crippen MR) is 78.6 cm³/mol. The summed E-state index contributed by atoms with van der Waals surface area (Å²) in [5, 5.41) is 11.8. The summed E-state index contributed by atoms with van der Waals surface area (Å²) in [6, 6.07) is 1.80. The Bertz CT molecular complexity index is 429. The van der Waals surface area contributed by atoms with Gasteiger partial charge < -0.3 is 14.6 Å². The summed E-state index contributed by atoms with van der Waals surface area (Å²) in [6.07, 6.45) is 8.01. The van der Waals surface area contributed by atoms with Gasteiger partial charge in [0.05, 0.1) is 6.54 Å². The molecule has 0 radical (unpaired) electrons. The number of piperidine rings is 1. The van der Waals surface area contributed by atoms with Crippen LogP contribution in [0.25, 0.3) is 0 Å². The summed E-state index contributed by atoms with van der Waals surface area (Å²) in [4.78, 5) is 2.37. The Balaban J connectivity index is 1.68. The largest absolute Gasteiger partial charge is 0.407 e. The van der Waals surface area contributed by atoms with E-state index < -0.39 is 0 Å². The number of aromatic nitrogens is 2. The summed E-state index contributed by atoms with van der Waals surface area (Å²) in [6.45, 7) is 5.97. The van der Waals surface area contributed by atoms with Crippen molar-refractivity contribution in [2.75, 3.05) is 11.4 Å². The van der Waals surface area contributed by atoms with E-state index in [1.165, 1.54) is 38.5 Å². The standard InChI is InChI=1S/C15H26N4O/c1-11(2)16-10-14-17-18-15(20-14)19-9-5-7-12-6-3-4-8-13(12)19/h11-13,16H,3-10H2,1-2H3/t12-,13-/m1/s1. The molecule has 0 bridgehead atoms. The second kappa shape index (κ2) is 6.12. The van der Waals surface area contributed by atoms with Crippen LogP contribution in [0.15, 0.2) is 4.42 Å². The smallest absolute Gasteiger partial charge is 0.318 e. The van der Waals surface area contributed by atoms with Crippen LogP contribution in [0.2, 0.25) is 0 Å². The monoisotopic (exact) mass is 278 g/mol. The number of rotatable bonds is 4. The molecular weight excluding hydrogens is 252 g/mol. The van der Waals surface area contributed by atoms with E-state index in [2.05, 4.69) is 34.3 Å². The minimum absolute atomic E-state index is 0.433. The van der Waals surface area contributed by atoms with E-state index in [9.17, 15) is 0 Å². The van der Waals surface area contributed by atoms with E-state index in [0.717, 1.165) is 18.5 Å². The molecule has 1 N–H and O–H groups in total. The van der Waals surface area contributed by atoms with Gasteiger partial charge in [0.1, 0.15) is 0 Å². The van der Waals surface area contributed by atoms with Crippen LogP contribution < -0.4 is 10.2 Å². The van der Waals surface area contributed by atoms with Crippen molar-refractivity contribution in [1.29, 1.82) is 0 Å². The second-order valence-corrected chi connectivity index (χ2v) is 6.46. The van der Waals surface area contributed by atoms with Crippen molar-refractivity contribution in [2.45, 2.75) is 71.0 Å². The first kappa shape index (κ1) is 13.9. The van der Waals surface area contributed by atoms with E-state index in [0.29, 0.717) is 24.5 Å². The van der Waals surface area contributed by atoms with E-state index in [1.807, 2.05) is 0 Å². The Labute approximate surface area is 121 Å². The first-order valence-corrected chi connectivity index (χ1v) is 8.06.